The maximum absolute atomic E-state index is 11.3. The molecule has 86 valence electrons. The molecule has 0 radical (unpaired) electrons. The van der Waals surface area contributed by atoms with E-state index in [-0.39, 0.29) is 17.1 Å². The predicted molar refractivity (Wildman–Crippen MR) is 56.4 cm³/mol. The highest BCUT2D eigenvalue weighted by Crippen LogP contribution is 2.43. The molecular weight excluding hydrogens is 192 g/mol. The summed E-state index contributed by atoms with van der Waals surface area (Å²) in [5, 5.41) is 0. The van der Waals surface area contributed by atoms with E-state index in [0.29, 0.717) is 0 Å². The highest BCUT2D eigenvalue weighted by atomic mass is 16.7. The first-order valence-electron chi connectivity index (χ1n) is 5.71. The molecule has 2 rings (SSSR count). The van der Waals surface area contributed by atoms with Crippen molar-refractivity contribution in [3.8, 4) is 0 Å². The molecule has 0 amide bonds. The van der Waals surface area contributed by atoms with Crippen molar-refractivity contribution < 1.29 is 14.3 Å². The zero-order chi connectivity index (χ0) is 11.1. The summed E-state index contributed by atoms with van der Waals surface area (Å²) >= 11 is 0. The molecule has 15 heavy (non-hydrogen) atoms. The van der Waals surface area contributed by atoms with Crippen LogP contribution >= 0.6 is 0 Å². The quantitative estimate of drug-likeness (QED) is 0.668. The number of ether oxygens (including phenoxy) is 2. The normalized spacial score (nSPS) is 33.1. The fourth-order valence-electron chi connectivity index (χ4n) is 2.32. The molecule has 0 aromatic heterocycles. The van der Waals surface area contributed by atoms with Gasteiger partial charge in [0, 0.05) is 24.2 Å². The van der Waals surface area contributed by atoms with Crippen molar-refractivity contribution >= 4 is 5.78 Å². The van der Waals surface area contributed by atoms with E-state index in [4.69, 9.17) is 9.47 Å². The molecule has 0 unspecified atom stereocenters. The topological polar surface area (TPSA) is 35.5 Å². The van der Waals surface area contributed by atoms with Gasteiger partial charge in [0.25, 0.3) is 0 Å². The average molecular weight is 212 g/mol. The predicted octanol–water partition coefficient (Wildman–Crippen LogP) is 2.14. The van der Waals surface area contributed by atoms with E-state index < -0.39 is 5.79 Å². The first-order valence-corrected chi connectivity index (χ1v) is 5.71. The van der Waals surface area contributed by atoms with Crippen molar-refractivity contribution in [3.63, 3.8) is 0 Å². The Hall–Kier alpha value is -0.410. The van der Waals surface area contributed by atoms with Crippen LogP contribution in [-0.4, -0.2) is 24.8 Å². The Morgan fingerprint density at radius 1 is 1.27 bits per heavy atom. The number of hydrogen-bond donors (Lipinski definition) is 0. The summed E-state index contributed by atoms with van der Waals surface area (Å²) in [6.07, 6.45) is 2.53. The summed E-state index contributed by atoms with van der Waals surface area (Å²) in [5.41, 5.74) is 0.111. The minimum absolute atomic E-state index is 0.111. The number of carbonyl (C=O) groups excluding carboxylic acids is 1. The highest BCUT2D eigenvalue weighted by molar-refractivity contribution is 5.78. The van der Waals surface area contributed by atoms with Crippen LogP contribution in [0.25, 0.3) is 0 Å². The van der Waals surface area contributed by atoms with Crippen LogP contribution in [0.3, 0.4) is 0 Å². The molecule has 1 saturated carbocycles. The van der Waals surface area contributed by atoms with E-state index in [1.807, 2.05) is 0 Å². The fourth-order valence-corrected chi connectivity index (χ4v) is 2.32. The van der Waals surface area contributed by atoms with Gasteiger partial charge in [0.2, 0.25) is 0 Å². The Morgan fingerprint density at radius 3 is 2.33 bits per heavy atom. The van der Waals surface area contributed by atoms with E-state index in [1.54, 1.807) is 6.92 Å². The third-order valence-corrected chi connectivity index (χ3v) is 3.46. The van der Waals surface area contributed by atoms with Crippen molar-refractivity contribution in [2.45, 2.75) is 45.8 Å². The monoisotopic (exact) mass is 212 g/mol. The molecule has 1 spiro atoms. The van der Waals surface area contributed by atoms with Crippen LogP contribution in [0.15, 0.2) is 0 Å². The molecule has 1 aliphatic carbocycles. The minimum atomic E-state index is -0.439. The summed E-state index contributed by atoms with van der Waals surface area (Å²) in [4.78, 5) is 11.3. The maximum Gasteiger partial charge on any atom is 0.169 e. The summed E-state index contributed by atoms with van der Waals surface area (Å²) in [5.74, 6) is -0.0265. The standard InChI is InChI=1S/C12H20O3/c1-9(13)10-4-5-12(6-10)14-7-11(2,3)8-15-12/h10H,4-8H2,1-3H3/t10-/m0/s1. The van der Waals surface area contributed by atoms with Crippen molar-refractivity contribution in [2.75, 3.05) is 13.2 Å². The zero-order valence-corrected chi connectivity index (χ0v) is 9.84. The molecule has 3 nitrogen and oxygen atoms in total. The van der Waals surface area contributed by atoms with Crippen LogP contribution in [0.4, 0.5) is 0 Å². The van der Waals surface area contributed by atoms with E-state index in [2.05, 4.69) is 13.8 Å². The number of carbonyl (C=O) groups is 1. The van der Waals surface area contributed by atoms with Gasteiger partial charge in [-0.25, -0.2) is 0 Å². The van der Waals surface area contributed by atoms with Gasteiger partial charge >= 0.3 is 0 Å². The molecule has 2 fully saturated rings. The molecule has 1 saturated heterocycles. The second-order valence-electron chi connectivity index (χ2n) is 5.70. The average Bonchev–Trinajstić information content (AvgIpc) is 2.56. The van der Waals surface area contributed by atoms with Crippen LogP contribution < -0.4 is 0 Å². The SMILES string of the molecule is CC(=O)[C@H]1CCC2(C1)OCC(C)(C)CO2. The smallest absolute Gasteiger partial charge is 0.169 e. The van der Waals surface area contributed by atoms with Gasteiger partial charge in [-0.05, 0) is 13.3 Å². The van der Waals surface area contributed by atoms with Crippen molar-refractivity contribution in [1.29, 1.82) is 0 Å². The lowest BCUT2D eigenvalue weighted by molar-refractivity contribution is -0.295. The van der Waals surface area contributed by atoms with Crippen LogP contribution in [0, 0.1) is 11.3 Å². The van der Waals surface area contributed by atoms with Crippen LogP contribution in [0.5, 0.6) is 0 Å². The molecule has 0 aromatic carbocycles. The lowest BCUT2D eigenvalue weighted by atomic mass is 9.94. The molecule has 1 heterocycles. The Kier molecular flexibility index (Phi) is 2.63. The van der Waals surface area contributed by atoms with Crippen molar-refractivity contribution in [3.05, 3.63) is 0 Å². The van der Waals surface area contributed by atoms with Crippen LogP contribution in [0.2, 0.25) is 0 Å². The van der Waals surface area contributed by atoms with Crippen molar-refractivity contribution in [2.24, 2.45) is 11.3 Å². The number of ketones is 1. The van der Waals surface area contributed by atoms with E-state index in [9.17, 15) is 4.79 Å². The van der Waals surface area contributed by atoms with Gasteiger partial charge in [-0.1, -0.05) is 13.8 Å². The van der Waals surface area contributed by atoms with Gasteiger partial charge in [0.15, 0.2) is 5.79 Å². The number of rotatable bonds is 1. The number of hydrogen-bond acceptors (Lipinski definition) is 3. The van der Waals surface area contributed by atoms with Crippen LogP contribution in [0.1, 0.15) is 40.0 Å². The van der Waals surface area contributed by atoms with Crippen LogP contribution in [-0.2, 0) is 14.3 Å². The highest BCUT2D eigenvalue weighted by Gasteiger charge is 2.47. The molecule has 1 aliphatic heterocycles. The fraction of sp³-hybridized carbons (Fsp3) is 0.917. The lowest BCUT2D eigenvalue weighted by Crippen LogP contribution is -2.46. The molecular formula is C12H20O3. The third-order valence-electron chi connectivity index (χ3n) is 3.46. The van der Waals surface area contributed by atoms with E-state index in [0.717, 1.165) is 32.5 Å². The van der Waals surface area contributed by atoms with Gasteiger partial charge in [0.1, 0.15) is 5.78 Å². The Bertz CT molecular complexity index is 260. The Labute approximate surface area is 91.1 Å². The van der Waals surface area contributed by atoms with E-state index >= 15 is 0 Å². The second kappa shape index (κ2) is 3.56. The molecule has 0 bridgehead atoms. The molecule has 3 heteroatoms. The molecule has 0 N–H and O–H groups in total. The Balaban J connectivity index is 1.98. The molecule has 2 aliphatic rings. The first kappa shape index (κ1) is 11.1. The summed E-state index contributed by atoms with van der Waals surface area (Å²) in [6.45, 7) is 7.40. The van der Waals surface area contributed by atoms with Gasteiger partial charge in [0.05, 0.1) is 13.2 Å². The van der Waals surface area contributed by atoms with Gasteiger partial charge in [-0.2, -0.15) is 0 Å². The largest absolute Gasteiger partial charge is 0.349 e. The molecule has 0 aromatic rings. The van der Waals surface area contributed by atoms with Gasteiger partial charge in [-0.15, -0.1) is 0 Å². The number of Topliss-reactive ketones (excluding diaryl/α,β-unsaturated/α-hetero) is 1. The van der Waals surface area contributed by atoms with Gasteiger partial charge in [-0.3, -0.25) is 4.79 Å². The maximum atomic E-state index is 11.3. The summed E-state index contributed by atoms with van der Waals surface area (Å²) in [7, 11) is 0. The summed E-state index contributed by atoms with van der Waals surface area (Å²) < 4.78 is 11.7. The van der Waals surface area contributed by atoms with Gasteiger partial charge < -0.3 is 9.47 Å². The second-order valence-corrected chi connectivity index (χ2v) is 5.70. The Morgan fingerprint density at radius 2 is 1.87 bits per heavy atom. The van der Waals surface area contributed by atoms with Crippen molar-refractivity contribution in [1.82, 2.24) is 0 Å². The summed E-state index contributed by atoms with van der Waals surface area (Å²) in [6, 6.07) is 0. The van der Waals surface area contributed by atoms with E-state index in [1.165, 1.54) is 0 Å². The minimum Gasteiger partial charge on any atom is -0.349 e. The molecule has 1 atom stereocenters. The first-order chi connectivity index (χ1) is 6.93. The third kappa shape index (κ3) is 2.23. The lowest BCUT2D eigenvalue weighted by Gasteiger charge is -2.41. The zero-order valence-electron chi connectivity index (χ0n) is 9.84.